The van der Waals surface area contributed by atoms with Crippen molar-refractivity contribution < 1.29 is 4.74 Å². The first-order valence-corrected chi connectivity index (χ1v) is 4.95. The lowest BCUT2D eigenvalue weighted by Crippen LogP contribution is -2.06. The molecule has 0 saturated heterocycles. The van der Waals surface area contributed by atoms with E-state index in [1.807, 2.05) is 18.2 Å². The Balaban J connectivity index is 2.39. The fourth-order valence-electron chi connectivity index (χ4n) is 1.74. The summed E-state index contributed by atoms with van der Waals surface area (Å²) in [6, 6.07) is 6.04. The number of methoxy groups -OCH3 is 1. The van der Waals surface area contributed by atoms with Crippen LogP contribution in [0.4, 0.5) is 5.69 Å². The van der Waals surface area contributed by atoms with Gasteiger partial charge in [0.05, 0.1) is 12.8 Å². The van der Waals surface area contributed by atoms with Gasteiger partial charge in [-0.05, 0) is 18.1 Å². The number of hydrogen-bond donors (Lipinski definition) is 0. The normalized spacial score (nSPS) is 14.1. The highest BCUT2D eigenvalue weighted by molar-refractivity contribution is 5.96. The van der Waals surface area contributed by atoms with Gasteiger partial charge in [-0.25, -0.2) is 0 Å². The molecule has 0 amide bonds. The molecule has 0 aliphatic carbocycles. The maximum Gasteiger partial charge on any atom is 0.124 e. The summed E-state index contributed by atoms with van der Waals surface area (Å²) in [6.07, 6.45) is 0.941. The van der Waals surface area contributed by atoms with Crippen LogP contribution in [0.1, 0.15) is 19.4 Å². The van der Waals surface area contributed by atoms with E-state index in [1.54, 1.807) is 7.11 Å². The molecule has 2 rings (SSSR count). The molecule has 74 valence electrons. The second-order valence-corrected chi connectivity index (χ2v) is 3.89. The molecule has 0 bridgehead atoms. The minimum Gasteiger partial charge on any atom is -0.496 e. The maximum absolute atomic E-state index is 5.31. The number of ether oxygens (including phenoxy) is 1. The van der Waals surface area contributed by atoms with Crippen molar-refractivity contribution in [1.82, 2.24) is 0 Å². The average Bonchev–Trinajstić information content (AvgIpc) is 2.60. The SMILES string of the molecule is COc1cccc2c1CC(C(C)C)=N2. The Hall–Kier alpha value is -1.31. The first kappa shape index (κ1) is 9.25. The Morgan fingerprint density at radius 3 is 2.79 bits per heavy atom. The van der Waals surface area contributed by atoms with Gasteiger partial charge in [0.1, 0.15) is 5.75 Å². The van der Waals surface area contributed by atoms with Gasteiger partial charge in [0.15, 0.2) is 0 Å². The molecule has 2 nitrogen and oxygen atoms in total. The van der Waals surface area contributed by atoms with E-state index in [9.17, 15) is 0 Å². The van der Waals surface area contributed by atoms with Gasteiger partial charge in [-0.3, -0.25) is 4.99 Å². The van der Waals surface area contributed by atoms with Crippen molar-refractivity contribution in [3.8, 4) is 5.75 Å². The summed E-state index contributed by atoms with van der Waals surface area (Å²) in [6.45, 7) is 4.36. The third-order valence-corrected chi connectivity index (χ3v) is 2.62. The molecule has 0 unspecified atom stereocenters. The van der Waals surface area contributed by atoms with Gasteiger partial charge < -0.3 is 4.74 Å². The third-order valence-electron chi connectivity index (χ3n) is 2.62. The van der Waals surface area contributed by atoms with Crippen molar-refractivity contribution in [2.24, 2.45) is 10.9 Å². The monoisotopic (exact) mass is 189 g/mol. The van der Waals surface area contributed by atoms with Crippen molar-refractivity contribution >= 4 is 11.4 Å². The molecule has 1 aliphatic heterocycles. The highest BCUT2D eigenvalue weighted by Gasteiger charge is 2.19. The van der Waals surface area contributed by atoms with Crippen LogP contribution in [0.25, 0.3) is 0 Å². The van der Waals surface area contributed by atoms with Crippen molar-refractivity contribution in [2.45, 2.75) is 20.3 Å². The van der Waals surface area contributed by atoms with Crippen LogP contribution in [0.3, 0.4) is 0 Å². The minimum atomic E-state index is 0.520. The summed E-state index contributed by atoms with van der Waals surface area (Å²) in [7, 11) is 1.71. The predicted molar refractivity (Wildman–Crippen MR) is 58.6 cm³/mol. The second kappa shape index (κ2) is 3.45. The molecule has 0 saturated carbocycles. The molecule has 0 aromatic heterocycles. The Bertz CT molecular complexity index is 380. The first-order valence-electron chi connectivity index (χ1n) is 4.95. The number of fused-ring (bicyclic) bond motifs is 1. The topological polar surface area (TPSA) is 21.6 Å². The molecular formula is C12H15NO. The summed E-state index contributed by atoms with van der Waals surface area (Å²) in [5.41, 5.74) is 3.57. The van der Waals surface area contributed by atoms with E-state index in [4.69, 9.17) is 4.74 Å². The van der Waals surface area contributed by atoms with Crippen LogP contribution >= 0.6 is 0 Å². The molecule has 0 radical (unpaired) electrons. The molecule has 1 aromatic carbocycles. The van der Waals surface area contributed by atoms with Crippen molar-refractivity contribution in [2.75, 3.05) is 7.11 Å². The minimum absolute atomic E-state index is 0.520. The number of benzene rings is 1. The standard InChI is InChI=1S/C12H15NO/c1-8(2)11-7-9-10(13-11)5-4-6-12(9)14-3/h4-6,8H,7H2,1-3H3. The smallest absolute Gasteiger partial charge is 0.124 e. The van der Waals surface area contributed by atoms with Gasteiger partial charge in [0.2, 0.25) is 0 Å². The Morgan fingerprint density at radius 2 is 2.14 bits per heavy atom. The Kier molecular flexibility index (Phi) is 2.28. The van der Waals surface area contributed by atoms with Crippen LogP contribution in [0.5, 0.6) is 5.75 Å². The van der Waals surface area contributed by atoms with Gasteiger partial charge in [-0.2, -0.15) is 0 Å². The van der Waals surface area contributed by atoms with Crippen LogP contribution < -0.4 is 4.74 Å². The van der Waals surface area contributed by atoms with Crippen LogP contribution in [0.2, 0.25) is 0 Å². The summed E-state index contributed by atoms with van der Waals surface area (Å²) in [4.78, 5) is 4.60. The van der Waals surface area contributed by atoms with Gasteiger partial charge in [0.25, 0.3) is 0 Å². The van der Waals surface area contributed by atoms with Crippen molar-refractivity contribution in [3.63, 3.8) is 0 Å². The van der Waals surface area contributed by atoms with Crippen LogP contribution in [-0.2, 0) is 6.42 Å². The zero-order chi connectivity index (χ0) is 10.1. The lowest BCUT2D eigenvalue weighted by Gasteiger charge is -2.06. The van der Waals surface area contributed by atoms with Gasteiger partial charge in [-0.1, -0.05) is 19.9 Å². The van der Waals surface area contributed by atoms with Gasteiger partial charge in [0, 0.05) is 17.7 Å². The number of nitrogens with zero attached hydrogens (tertiary/aromatic N) is 1. The van der Waals surface area contributed by atoms with E-state index in [0.717, 1.165) is 17.9 Å². The summed E-state index contributed by atoms with van der Waals surface area (Å²) in [5, 5.41) is 0. The van der Waals surface area contributed by atoms with Gasteiger partial charge in [-0.15, -0.1) is 0 Å². The molecule has 0 spiro atoms. The number of hydrogen-bond acceptors (Lipinski definition) is 2. The van der Waals surface area contributed by atoms with Crippen LogP contribution in [-0.4, -0.2) is 12.8 Å². The summed E-state index contributed by atoms with van der Waals surface area (Å²) < 4.78 is 5.31. The van der Waals surface area contributed by atoms with Crippen molar-refractivity contribution in [1.29, 1.82) is 0 Å². The van der Waals surface area contributed by atoms with E-state index < -0.39 is 0 Å². The van der Waals surface area contributed by atoms with E-state index >= 15 is 0 Å². The summed E-state index contributed by atoms with van der Waals surface area (Å²) in [5.74, 6) is 1.48. The molecular weight excluding hydrogens is 174 g/mol. The van der Waals surface area contributed by atoms with E-state index in [0.29, 0.717) is 5.92 Å². The lowest BCUT2D eigenvalue weighted by molar-refractivity contribution is 0.411. The zero-order valence-electron chi connectivity index (χ0n) is 8.87. The molecule has 0 fully saturated rings. The van der Waals surface area contributed by atoms with Crippen molar-refractivity contribution in [3.05, 3.63) is 23.8 Å². The largest absolute Gasteiger partial charge is 0.496 e. The molecule has 1 aliphatic rings. The Labute approximate surface area is 84.6 Å². The van der Waals surface area contributed by atoms with E-state index in [1.165, 1.54) is 11.3 Å². The second-order valence-electron chi connectivity index (χ2n) is 3.89. The van der Waals surface area contributed by atoms with E-state index in [2.05, 4.69) is 18.8 Å². The Morgan fingerprint density at radius 1 is 1.36 bits per heavy atom. The van der Waals surface area contributed by atoms with Crippen LogP contribution in [0, 0.1) is 5.92 Å². The number of rotatable bonds is 2. The van der Waals surface area contributed by atoms with Gasteiger partial charge >= 0.3 is 0 Å². The molecule has 14 heavy (non-hydrogen) atoms. The van der Waals surface area contributed by atoms with E-state index in [-0.39, 0.29) is 0 Å². The highest BCUT2D eigenvalue weighted by atomic mass is 16.5. The maximum atomic E-state index is 5.31. The molecule has 1 aromatic rings. The molecule has 0 atom stereocenters. The molecule has 0 N–H and O–H groups in total. The zero-order valence-corrected chi connectivity index (χ0v) is 8.87. The fraction of sp³-hybridized carbons (Fsp3) is 0.417. The lowest BCUT2D eigenvalue weighted by atomic mass is 10.0. The third kappa shape index (κ3) is 1.41. The fourth-order valence-corrected chi connectivity index (χ4v) is 1.74. The molecule has 2 heteroatoms. The quantitative estimate of drug-likeness (QED) is 0.700. The van der Waals surface area contributed by atoms with Crippen LogP contribution in [0.15, 0.2) is 23.2 Å². The predicted octanol–water partition coefficient (Wildman–Crippen LogP) is 2.98. The number of aliphatic imine (C=N–C) groups is 1. The first-order chi connectivity index (χ1) is 6.72. The molecule has 1 heterocycles. The average molecular weight is 189 g/mol. The highest BCUT2D eigenvalue weighted by Crippen LogP contribution is 2.35. The summed E-state index contributed by atoms with van der Waals surface area (Å²) >= 11 is 0.